The molecule has 0 spiro atoms. The Balaban J connectivity index is 1.59. The minimum absolute atomic E-state index is 0.0629. The molecule has 0 saturated heterocycles. The Labute approximate surface area is 169 Å². The van der Waals surface area contributed by atoms with Gasteiger partial charge < -0.3 is 23.4 Å². The van der Waals surface area contributed by atoms with Crippen LogP contribution in [0.3, 0.4) is 0 Å². The first-order valence-electron chi connectivity index (χ1n) is 10.2. The molecule has 0 N–H and O–H groups in total. The second-order valence-electron chi connectivity index (χ2n) is 8.34. The first-order valence-corrected chi connectivity index (χ1v) is 10.2. The van der Waals surface area contributed by atoms with Gasteiger partial charge >= 0.3 is 0 Å². The fraction of sp³-hybridized carbons (Fsp3) is 0.522. The highest BCUT2D eigenvalue weighted by molar-refractivity contribution is 5.76. The Morgan fingerprint density at radius 2 is 1.76 bits per heavy atom. The first-order chi connectivity index (χ1) is 14.0. The van der Waals surface area contributed by atoms with E-state index in [-0.39, 0.29) is 18.1 Å². The van der Waals surface area contributed by atoms with Gasteiger partial charge in [-0.3, -0.25) is 4.79 Å². The van der Waals surface area contributed by atoms with Crippen LogP contribution in [0.15, 0.2) is 32.2 Å². The Bertz CT molecular complexity index is 1040. The van der Waals surface area contributed by atoms with Crippen molar-refractivity contribution in [3.05, 3.63) is 55.9 Å². The van der Waals surface area contributed by atoms with Crippen LogP contribution < -0.4 is 5.43 Å². The third-order valence-electron chi connectivity index (χ3n) is 6.41. The number of ether oxygens (including phenoxy) is 4. The Hall–Kier alpha value is -2.63. The molecule has 1 aromatic rings. The molecule has 6 heteroatoms. The second kappa shape index (κ2) is 6.71. The molecule has 0 fully saturated rings. The molecule has 5 rings (SSSR count). The van der Waals surface area contributed by atoms with E-state index in [9.17, 15) is 4.79 Å². The van der Waals surface area contributed by atoms with E-state index in [0.29, 0.717) is 42.3 Å². The summed E-state index contributed by atoms with van der Waals surface area (Å²) < 4.78 is 29.4. The van der Waals surface area contributed by atoms with Gasteiger partial charge in [-0.05, 0) is 12.3 Å². The summed E-state index contributed by atoms with van der Waals surface area (Å²) in [5.41, 5.74) is 3.41. The highest BCUT2D eigenvalue weighted by Gasteiger charge is 2.38. The monoisotopic (exact) mass is 398 g/mol. The molecule has 0 amide bonds. The summed E-state index contributed by atoms with van der Waals surface area (Å²) in [6.07, 6.45) is 3.31. The maximum atomic E-state index is 13.6. The summed E-state index contributed by atoms with van der Waals surface area (Å²) in [7, 11) is 3.25. The van der Waals surface area contributed by atoms with Crippen molar-refractivity contribution in [3.63, 3.8) is 0 Å². The zero-order chi connectivity index (χ0) is 20.3. The van der Waals surface area contributed by atoms with Gasteiger partial charge in [-0.15, -0.1) is 0 Å². The summed E-state index contributed by atoms with van der Waals surface area (Å²) in [6.45, 7) is 4.58. The Morgan fingerprint density at radius 3 is 2.48 bits per heavy atom. The van der Waals surface area contributed by atoms with Crippen LogP contribution in [0, 0.1) is 5.92 Å². The first kappa shape index (κ1) is 18.4. The van der Waals surface area contributed by atoms with Crippen LogP contribution in [0.4, 0.5) is 0 Å². The third-order valence-corrected chi connectivity index (χ3v) is 6.41. The number of allylic oxidation sites excluding steroid dienone is 2. The quantitative estimate of drug-likeness (QED) is 0.757. The molecule has 1 unspecified atom stereocenters. The number of fused-ring (bicyclic) bond motifs is 4. The third kappa shape index (κ3) is 2.72. The molecule has 0 saturated carbocycles. The summed E-state index contributed by atoms with van der Waals surface area (Å²) in [6, 6.07) is 0. The van der Waals surface area contributed by atoms with Gasteiger partial charge in [0.2, 0.25) is 0 Å². The van der Waals surface area contributed by atoms with E-state index in [1.807, 2.05) is 0 Å². The number of rotatable bonds is 3. The van der Waals surface area contributed by atoms with E-state index in [1.165, 1.54) is 0 Å². The van der Waals surface area contributed by atoms with E-state index < -0.39 is 0 Å². The van der Waals surface area contributed by atoms with Crippen LogP contribution in [0.25, 0.3) is 11.1 Å². The van der Waals surface area contributed by atoms with Gasteiger partial charge in [0.1, 0.15) is 41.5 Å². The summed E-state index contributed by atoms with van der Waals surface area (Å²) in [4.78, 5) is 13.6. The molecular weight excluding hydrogens is 372 g/mol. The molecule has 3 heterocycles. The molecule has 1 aromatic heterocycles. The van der Waals surface area contributed by atoms with Crippen molar-refractivity contribution >= 4 is 11.1 Å². The van der Waals surface area contributed by atoms with Gasteiger partial charge in [-0.2, -0.15) is 0 Å². The Kier molecular flexibility index (Phi) is 4.26. The summed E-state index contributed by atoms with van der Waals surface area (Å²) in [5, 5.41) is 0. The zero-order valence-electron chi connectivity index (χ0n) is 17.3. The van der Waals surface area contributed by atoms with Crippen LogP contribution in [0.1, 0.15) is 62.2 Å². The molecular formula is C23H26O6. The minimum atomic E-state index is 0.0629. The molecule has 0 radical (unpaired) electrons. The van der Waals surface area contributed by atoms with E-state index in [2.05, 4.69) is 13.8 Å². The van der Waals surface area contributed by atoms with Crippen molar-refractivity contribution in [3.8, 4) is 0 Å². The standard InChI is InChI=1S/C23H26O6/c1-11(2)16-8-14-15(28-16)6-5-12-22(24)21-13-7-18(25-3)19(26-4)9-17(13)27-10-20(21)29-23(12)14/h11,16H,5-10H2,1-4H3. The van der Waals surface area contributed by atoms with Crippen molar-refractivity contribution < 1.29 is 23.4 Å². The number of methoxy groups -OCH3 is 2. The van der Waals surface area contributed by atoms with Gasteiger partial charge in [0.05, 0.1) is 26.2 Å². The molecule has 6 nitrogen and oxygen atoms in total. The van der Waals surface area contributed by atoms with E-state index in [0.717, 1.165) is 52.6 Å². The molecule has 2 aliphatic carbocycles. The predicted molar refractivity (Wildman–Crippen MR) is 107 cm³/mol. The van der Waals surface area contributed by atoms with Crippen molar-refractivity contribution in [2.75, 3.05) is 14.2 Å². The molecule has 1 atom stereocenters. The lowest BCUT2D eigenvalue weighted by atomic mass is 9.86. The highest BCUT2D eigenvalue weighted by Crippen LogP contribution is 2.45. The van der Waals surface area contributed by atoms with E-state index in [4.69, 9.17) is 23.4 Å². The average molecular weight is 398 g/mol. The van der Waals surface area contributed by atoms with Crippen molar-refractivity contribution in [2.45, 2.75) is 58.7 Å². The topological polar surface area (TPSA) is 67.1 Å². The fourth-order valence-corrected chi connectivity index (χ4v) is 4.74. The minimum Gasteiger partial charge on any atom is -0.497 e. The van der Waals surface area contributed by atoms with Crippen molar-refractivity contribution in [2.24, 2.45) is 5.92 Å². The number of hydrogen-bond donors (Lipinski definition) is 0. The highest BCUT2D eigenvalue weighted by atomic mass is 16.5. The molecule has 154 valence electrons. The zero-order valence-corrected chi connectivity index (χ0v) is 17.3. The molecule has 0 aromatic carbocycles. The van der Waals surface area contributed by atoms with Gasteiger partial charge in [0.25, 0.3) is 0 Å². The van der Waals surface area contributed by atoms with Crippen molar-refractivity contribution in [1.29, 1.82) is 0 Å². The van der Waals surface area contributed by atoms with Gasteiger partial charge in [-0.1, -0.05) is 13.8 Å². The van der Waals surface area contributed by atoms with Crippen molar-refractivity contribution in [1.82, 2.24) is 0 Å². The maximum absolute atomic E-state index is 13.6. The molecule has 0 bridgehead atoms. The van der Waals surface area contributed by atoms with Gasteiger partial charge in [0, 0.05) is 36.0 Å². The largest absolute Gasteiger partial charge is 0.497 e. The van der Waals surface area contributed by atoms with Crippen LogP contribution in [0.2, 0.25) is 0 Å². The summed E-state index contributed by atoms with van der Waals surface area (Å²) in [5.74, 6) is 4.97. The molecule has 29 heavy (non-hydrogen) atoms. The lowest BCUT2D eigenvalue weighted by Gasteiger charge is -2.29. The Morgan fingerprint density at radius 1 is 1.00 bits per heavy atom. The SMILES string of the molecule is COC1=C(OC)CC2=C(C1)OCc1oc3c(c(=O)c12)CCC1=C3CC(C(C)C)O1. The lowest BCUT2D eigenvalue weighted by molar-refractivity contribution is 0.0973. The maximum Gasteiger partial charge on any atom is 0.196 e. The summed E-state index contributed by atoms with van der Waals surface area (Å²) >= 11 is 0. The van der Waals surface area contributed by atoms with Crippen LogP contribution in [-0.4, -0.2) is 20.3 Å². The average Bonchev–Trinajstić information content (AvgIpc) is 3.17. The number of hydrogen-bond acceptors (Lipinski definition) is 6. The van der Waals surface area contributed by atoms with Crippen LogP contribution >= 0.6 is 0 Å². The lowest BCUT2D eigenvalue weighted by Crippen LogP contribution is -2.26. The van der Waals surface area contributed by atoms with Gasteiger partial charge in [0.15, 0.2) is 11.2 Å². The predicted octanol–water partition coefficient (Wildman–Crippen LogP) is 4.28. The second-order valence-corrected chi connectivity index (χ2v) is 8.34. The smallest absolute Gasteiger partial charge is 0.196 e. The fourth-order valence-electron chi connectivity index (χ4n) is 4.74. The molecule has 2 aliphatic heterocycles. The van der Waals surface area contributed by atoms with Gasteiger partial charge in [-0.25, -0.2) is 0 Å². The normalized spacial score (nSPS) is 22.6. The van der Waals surface area contributed by atoms with E-state index >= 15 is 0 Å². The van der Waals surface area contributed by atoms with E-state index in [1.54, 1.807) is 14.2 Å². The molecule has 4 aliphatic rings. The van der Waals surface area contributed by atoms with Crippen LogP contribution in [-0.2, 0) is 32.0 Å². The van der Waals surface area contributed by atoms with Crippen LogP contribution in [0.5, 0.6) is 0 Å².